The lowest BCUT2D eigenvalue weighted by molar-refractivity contribution is 0.215. The average Bonchev–Trinajstić information content (AvgIpc) is 3.30. The molecule has 0 radical (unpaired) electrons. The van der Waals surface area contributed by atoms with Crippen molar-refractivity contribution < 1.29 is 4.52 Å². The highest BCUT2D eigenvalue weighted by molar-refractivity contribution is 5.53. The van der Waals surface area contributed by atoms with Crippen LogP contribution in [-0.2, 0) is 19.9 Å². The maximum Gasteiger partial charge on any atom is 0.227 e. The SMILES string of the molecule is CN(CCCc1nc(-c2ccccc2)no1)C1CCCc2c1cnn2C. The van der Waals surface area contributed by atoms with Gasteiger partial charge < -0.3 is 4.52 Å². The summed E-state index contributed by atoms with van der Waals surface area (Å²) in [6.45, 7) is 1.00. The molecule has 0 saturated carbocycles. The van der Waals surface area contributed by atoms with Crippen molar-refractivity contribution in [1.29, 1.82) is 0 Å². The molecule has 0 fully saturated rings. The molecule has 2 heterocycles. The van der Waals surface area contributed by atoms with Gasteiger partial charge in [-0.25, -0.2) is 0 Å². The van der Waals surface area contributed by atoms with Crippen molar-refractivity contribution >= 4 is 0 Å². The summed E-state index contributed by atoms with van der Waals surface area (Å²) in [7, 11) is 4.25. The molecule has 1 aliphatic carbocycles. The molecule has 0 saturated heterocycles. The Morgan fingerprint density at radius 1 is 1.27 bits per heavy atom. The van der Waals surface area contributed by atoms with Gasteiger partial charge in [-0.1, -0.05) is 35.5 Å². The average molecular weight is 351 g/mol. The number of benzene rings is 1. The van der Waals surface area contributed by atoms with Crippen molar-refractivity contribution in [3.63, 3.8) is 0 Å². The van der Waals surface area contributed by atoms with Crippen molar-refractivity contribution in [3.05, 3.63) is 53.7 Å². The molecule has 1 unspecified atom stereocenters. The Hall–Kier alpha value is -2.47. The van der Waals surface area contributed by atoms with Crippen molar-refractivity contribution in [3.8, 4) is 11.4 Å². The molecule has 136 valence electrons. The Labute approximate surface area is 153 Å². The van der Waals surface area contributed by atoms with Crippen LogP contribution < -0.4 is 0 Å². The molecule has 0 bridgehead atoms. The zero-order valence-electron chi connectivity index (χ0n) is 15.4. The van der Waals surface area contributed by atoms with E-state index >= 15 is 0 Å². The first kappa shape index (κ1) is 17.0. The lowest BCUT2D eigenvalue weighted by atomic mass is 9.92. The lowest BCUT2D eigenvalue weighted by Gasteiger charge is -2.31. The minimum atomic E-state index is 0.468. The molecule has 6 heteroatoms. The standard InChI is InChI=1S/C20H25N5O/c1-24(17-10-6-11-18-16(17)14-21-25(18)2)13-7-12-19-22-20(23-26-19)15-8-4-3-5-9-15/h3-5,8-9,14,17H,6-7,10-13H2,1-2H3. The summed E-state index contributed by atoms with van der Waals surface area (Å²) in [5.74, 6) is 1.38. The Kier molecular flexibility index (Phi) is 4.84. The highest BCUT2D eigenvalue weighted by Crippen LogP contribution is 2.33. The molecule has 4 rings (SSSR count). The second kappa shape index (κ2) is 7.41. The lowest BCUT2D eigenvalue weighted by Crippen LogP contribution is -2.29. The van der Waals surface area contributed by atoms with Crippen LogP contribution in [0.3, 0.4) is 0 Å². The van der Waals surface area contributed by atoms with Gasteiger partial charge in [-0.05, 0) is 39.3 Å². The number of nitrogens with zero attached hydrogens (tertiary/aromatic N) is 5. The summed E-state index contributed by atoms with van der Waals surface area (Å²) >= 11 is 0. The van der Waals surface area contributed by atoms with E-state index in [4.69, 9.17) is 4.52 Å². The van der Waals surface area contributed by atoms with Gasteiger partial charge in [0.05, 0.1) is 6.20 Å². The zero-order valence-corrected chi connectivity index (χ0v) is 15.4. The van der Waals surface area contributed by atoms with Crippen molar-refractivity contribution in [2.75, 3.05) is 13.6 Å². The molecule has 26 heavy (non-hydrogen) atoms. The van der Waals surface area contributed by atoms with Crippen LogP contribution in [-0.4, -0.2) is 38.4 Å². The fourth-order valence-electron chi connectivity index (χ4n) is 3.84. The van der Waals surface area contributed by atoms with E-state index in [1.165, 1.54) is 24.1 Å². The molecule has 3 aromatic rings. The van der Waals surface area contributed by atoms with Gasteiger partial charge in [0.2, 0.25) is 11.7 Å². The molecular weight excluding hydrogens is 326 g/mol. The van der Waals surface area contributed by atoms with E-state index in [-0.39, 0.29) is 0 Å². The predicted molar refractivity (Wildman–Crippen MR) is 99.6 cm³/mol. The van der Waals surface area contributed by atoms with Crippen molar-refractivity contribution in [2.24, 2.45) is 7.05 Å². The van der Waals surface area contributed by atoms with Gasteiger partial charge in [0.15, 0.2) is 0 Å². The molecule has 1 atom stereocenters. The summed E-state index contributed by atoms with van der Waals surface area (Å²) < 4.78 is 7.44. The minimum Gasteiger partial charge on any atom is -0.339 e. The Bertz CT molecular complexity index is 854. The summed E-state index contributed by atoms with van der Waals surface area (Å²) in [4.78, 5) is 6.96. The van der Waals surface area contributed by atoms with Gasteiger partial charge in [0, 0.05) is 36.3 Å². The van der Waals surface area contributed by atoms with Gasteiger partial charge in [-0.15, -0.1) is 0 Å². The van der Waals surface area contributed by atoms with Gasteiger partial charge >= 0.3 is 0 Å². The van der Waals surface area contributed by atoms with Crippen LogP contribution in [0.5, 0.6) is 0 Å². The monoisotopic (exact) mass is 351 g/mol. The smallest absolute Gasteiger partial charge is 0.227 e. The summed E-state index contributed by atoms with van der Waals surface area (Å²) in [6.07, 6.45) is 7.41. The van der Waals surface area contributed by atoms with E-state index in [0.717, 1.165) is 31.4 Å². The molecule has 1 aliphatic rings. The summed E-state index contributed by atoms with van der Waals surface area (Å²) in [6, 6.07) is 10.4. The van der Waals surface area contributed by atoms with E-state index in [2.05, 4.69) is 27.2 Å². The number of aromatic nitrogens is 4. The Morgan fingerprint density at radius 3 is 2.96 bits per heavy atom. The van der Waals surface area contributed by atoms with Crippen LogP contribution in [0.4, 0.5) is 0 Å². The summed E-state index contributed by atoms with van der Waals surface area (Å²) in [5.41, 5.74) is 3.77. The number of aryl methyl sites for hydroxylation is 2. The first-order valence-electron chi connectivity index (χ1n) is 9.31. The van der Waals surface area contributed by atoms with E-state index in [1.807, 2.05) is 48.3 Å². The van der Waals surface area contributed by atoms with Crippen molar-refractivity contribution in [2.45, 2.75) is 38.1 Å². The topological polar surface area (TPSA) is 60.0 Å². The quantitative estimate of drug-likeness (QED) is 0.681. The molecule has 0 aliphatic heterocycles. The normalized spacial score (nSPS) is 16.8. The number of fused-ring (bicyclic) bond motifs is 1. The third kappa shape index (κ3) is 3.42. The van der Waals surface area contributed by atoms with Crippen molar-refractivity contribution in [1.82, 2.24) is 24.8 Å². The largest absolute Gasteiger partial charge is 0.339 e. The minimum absolute atomic E-state index is 0.468. The molecule has 0 spiro atoms. The Morgan fingerprint density at radius 2 is 2.12 bits per heavy atom. The zero-order chi connectivity index (χ0) is 17.9. The van der Waals surface area contributed by atoms with E-state index in [1.54, 1.807) is 0 Å². The fourth-order valence-corrected chi connectivity index (χ4v) is 3.84. The number of rotatable bonds is 6. The van der Waals surface area contributed by atoms with Crippen LogP contribution in [0.2, 0.25) is 0 Å². The second-order valence-corrected chi connectivity index (χ2v) is 7.04. The highest BCUT2D eigenvalue weighted by atomic mass is 16.5. The molecule has 1 aromatic carbocycles. The molecule has 0 amide bonds. The molecule has 6 nitrogen and oxygen atoms in total. The number of hydrogen-bond acceptors (Lipinski definition) is 5. The molecule has 2 aromatic heterocycles. The summed E-state index contributed by atoms with van der Waals surface area (Å²) in [5, 5.41) is 8.54. The second-order valence-electron chi connectivity index (χ2n) is 7.04. The molecular formula is C20H25N5O. The van der Waals surface area contributed by atoms with Gasteiger partial charge in [-0.2, -0.15) is 10.1 Å². The van der Waals surface area contributed by atoms with E-state index in [9.17, 15) is 0 Å². The maximum absolute atomic E-state index is 5.41. The van der Waals surface area contributed by atoms with Gasteiger partial charge in [-0.3, -0.25) is 9.58 Å². The van der Waals surface area contributed by atoms with Gasteiger partial charge in [0.1, 0.15) is 0 Å². The van der Waals surface area contributed by atoms with E-state index in [0.29, 0.717) is 17.8 Å². The van der Waals surface area contributed by atoms with E-state index < -0.39 is 0 Å². The number of hydrogen-bond donors (Lipinski definition) is 0. The fraction of sp³-hybridized carbons (Fsp3) is 0.450. The van der Waals surface area contributed by atoms with Crippen LogP contribution in [0.1, 0.15) is 42.5 Å². The maximum atomic E-state index is 5.41. The van der Waals surface area contributed by atoms with Crippen LogP contribution in [0, 0.1) is 0 Å². The first-order valence-corrected chi connectivity index (χ1v) is 9.31. The third-order valence-corrected chi connectivity index (χ3v) is 5.28. The van der Waals surface area contributed by atoms with Crippen LogP contribution in [0.25, 0.3) is 11.4 Å². The van der Waals surface area contributed by atoms with Gasteiger partial charge in [0.25, 0.3) is 0 Å². The predicted octanol–water partition coefficient (Wildman–Crippen LogP) is 3.41. The van der Waals surface area contributed by atoms with Crippen LogP contribution >= 0.6 is 0 Å². The Balaban J connectivity index is 1.33. The third-order valence-electron chi connectivity index (χ3n) is 5.28. The molecule has 0 N–H and O–H groups in total. The van der Waals surface area contributed by atoms with Crippen LogP contribution in [0.15, 0.2) is 41.1 Å². The first-order chi connectivity index (χ1) is 12.7. The highest BCUT2D eigenvalue weighted by Gasteiger charge is 2.26.